The molecule has 0 fully saturated rings. The first kappa shape index (κ1) is 14.0. The van der Waals surface area contributed by atoms with E-state index >= 15 is 0 Å². The predicted molar refractivity (Wildman–Crippen MR) is 95.3 cm³/mol. The van der Waals surface area contributed by atoms with Crippen LogP contribution in [0.2, 0.25) is 0 Å². The highest BCUT2D eigenvalue weighted by Gasteiger charge is 2.35. The van der Waals surface area contributed by atoms with Crippen LogP contribution in [0, 0.1) is 0 Å². The lowest BCUT2D eigenvalue weighted by Gasteiger charge is -2.43. The summed E-state index contributed by atoms with van der Waals surface area (Å²) in [5, 5.41) is 7.49. The van der Waals surface area contributed by atoms with Crippen molar-refractivity contribution in [3.05, 3.63) is 102 Å². The van der Waals surface area contributed by atoms with Gasteiger partial charge in [0.05, 0.1) is 6.04 Å². The second kappa shape index (κ2) is 5.56. The molecule has 1 aliphatic rings. The average molecular weight is 300 g/mol. The second-order valence-corrected chi connectivity index (χ2v) is 6.19. The van der Waals surface area contributed by atoms with Crippen molar-refractivity contribution in [3.8, 4) is 0 Å². The third-order valence-electron chi connectivity index (χ3n) is 4.57. The number of para-hydroxylation sites is 1. The SMILES string of the molecule is C[C@]1(c2ccccc2)Nc2ccccc2[C@@H](c2ccccc2)N1. The lowest BCUT2D eigenvalue weighted by Crippen LogP contribution is -2.51. The molecule has 0 bridgehead atoms. The van der Waals surface area contributed by atoms with Crippen LogP contribution in [0.25, 0.3) is 0 Å². The molecule has 23 heavy (non-hydrogen) atoms. The van der Waals surface area contributed by atoms with E-state index in [1.54, 1.807) is 0 Å². The molecule has 0 unspecified atom stereocenters. The fraction of sp³-hybridized carbons (Fsp3) is 0.143. The van der Waals surface area contributed by atoms with Gasteiger partial charge in [-0.05, 0) is 29.7 Å². The Labute approximate surface area is 137 Å². The van der Waals surface area contributed by atoms with Gasteiger partial charge in [0.25, 0.3) is 0 Å². The highest BCUT2D eigenvalue weighted by Crippen LogP contribution is 2.39. The van der Waals surface area contributed by atoms with E-state index in [4.69, 9.17) is 0 Å². The summed E-state index contributed by atoms with van der Waals surface area (Å²) in [5.41, 5.74) is 4.67. The van der Waals surface area contributed by atoms with Crippen LogP contribution >= 0.6 is 0 Å². The molecule has 0 aliphatic carbocycles. The van der Waals surface area contributed by atoms with E-state index in [2.05, 4.69) is 102 Å². The lowest BCUT2D eigenvalue weighted by atomic mass is 9.89. The van der Waals surface area contributed by atoms with Crippen LogP contribution in [0.5, 0.6) is 0 Å². The Hall–Kier alpha value is -2.58. The van der Waals surface area contributed by atoms with Crippen molar-refractivity contribution < 1.29 is 0 Å². The van der Waals surface area contributed by atoms with Gasteiger partial charge in [0.2, 0.25) is 0 Å². The van der Waals surface area contributed by atoms with Gasteiger partial charge in [-0.15, -0.1) is 0 Å². The summed E-state index contributed by atoms with van der Waals surface area (Å²) in [4.78, 5) is 0. The topological polar surface area (TPSA) is 24.1 Å². The number of rotatable bonds is 2. The van der Waals surface area contributed by atoms with E-state index < -0.39 is 0 Å². The third-order valence-corrected chi connectivity index (χ3v) is 4.57. The minimum atomic E-state index is -0.309. The van der Waals surface area contributed by atoms with E-state index in [0.717, 1.165) is 0 Å². The van der Waals surface area contributed by atoms with Crippen molar-refractivity contribution in [2.24, 2.45) is 0 Å². The van der Waals surface area contributed by atoms with Crippen LogP contribution in [0.1, 0.15) is 29.7 Å². The van der Waals surface area contributed by atoms with Gasteiger partial charge in [0, 0.05) is 5.69 Å². The first-order valence-electron chi connectivity index (χ1n) is 8.01. The normalized spacial score (nSPS) is 22.9. The highest BCUT2D eigenvalue weighted by molar-refractivity contribution is 5.60. The molecule has 1 heterocycles. The predicted octanol–water partition coefficient (Wildman–Crippen LogP) is 4.66. The summed E-state index contributed by atoms with van der Waals surface area (Å²) >= 11 is 0. The molecule has 0 spiro atoms. The summed E-state index contributed by atoms with van der Waals surface area (Å²) in [5.74, 6) is 0. The number of benzene rings is 3. The zero-order chi connectivity index (χ0) is 15.7. The molecule has 4 rings (SSSR count). The van der Waals surface area contributed by atoms with Gasteiger partial charge in [0.1, 0.15) is 5.66 Å². The fourth-order valence-corrected chi connectivity index (χ4v) is 3.37. The maximum atomic E-state index is 3.81. The Kier molecular flexibility index (Phi) is 3.40. The van der Waals surface area contributed by atoms with Crippen LogP contribution < -0.4 is 10.6 Å². The summed E-state index contributed by atoms with van der Waals surface area (Å²) < 4.78 is 0. The van der Waals surface area contributed by atoms with Crippen LogP contribution in [0.4, 0.5) is 5.69 Å². The molecule has 3 aromatic carbocycles. The molecule has 2 heteroatoms. The van der Waals surface area contributed by atoms with Gasteiger partial charge in [-0.2, -0.15) is 0 Å². The van der Waals surface area contributed by atoms with Crippen LogP contribution in [0.3, 0.4) is 0 Å². The van der Waals surface area contributed by atoms with Gasteiger partial charge >= 0.3 is 0 Å². The molecular formula is C21H20N2. The summed E-state index contributed by atoms with van der Waals surface area (Å²) in [6.07, 6.45) is 0. The van der Waals surface area contributed by atoms with Crippen LogP contribution in [-0.4, -0.2) is 0 Å². The summed E-state index contributed by atoms with van der Waals surface area (Å²) in [6, 6.07) is 29.9. The molecule has 0 aromatic heterocycles. The number of hydrogen-bond acceptors (Lipinski definition) is 2. The Morgan fingerprint density at radius 2 is 1.35 bits per heavy atom. The largest absolute Gasteiger partial charge is 0.363 e. The van der Waals surface area contributed by atoms with Crippen molar-refractivity contribution in [3.63, 3.8) is 0 Å². The smallest absolute Gasteiger partial charge is 0.112 e. The summed E-state index contributed by atoms with van der Waals surface area (Å²) in [7, 11) is 0. The van der Waals surface area contributed by atoms with Crippen molar-refractivity contribution in [1.82, 2.24) is 5.32 Å². The first-order chi connectivity index (χ1) is 11.3. The zero-order valence-electron chi connectivity index (χ0n) is 13.2. The number of anilines is 1. The Morgan fingerprint density at radius 1 is 0.739 bits per heavy atom. The number of fused-ring (bicyclic) bond motifs is 1. The fourth-order valence-electron chi connectivity index (χ4n) is 3.37. The third kappa shape index (κ3) is 2.51. The monoisotopic (exact) mass is 300 g/mol. The van der Waals surface area contributed by atoms with Crippen molar-refractivity contribution >= 4 is 5.69 Å². The Morgan fingerprint density at radius 3 is 2.09 bits per heavy atom. The Bertz CT molecular complexity index is 798. The summed E-state index contributed by atoms with van der Waals surface area (Å²) in [6.45, 7) is 2.20. The molecule has 2 nitrogen and oxygen atoms in total. The molecule has 2 N–H and O–H groups in total. The molecule has 2 atom stereocenters. The van der Waals surface area contributed by atoms with Crippen LogP contribution in [-0.2, 0) is 5.66 Å². The standard InChI is InChI=1S/C21H20N2/c1-21(17-12-6-3-7-13-17)22-19-15-9-8-14-18(19)20(23-21)16-10-4-2-5-11-16/h2-15,20,22-23H,1H3/t20-,21+/m1/s1. The van der Waals surface area contributed by atoms with E-state index in [1.807, 2.05) is 0 Å². The van der Waals surface area contributed by atoms with Crippen molar-refractivity contribution in [1.29, 1.82) is 0 Å². The lowest BCUT2D eigenvalue weighted by molar-refractivity contribution is 0.367. The van der Waals surface area contributed by atoms with E-state index in [9.17, 15) is 0 Å². The first-order valence-corrected chi connectivity index (χ1v) is 8.01. The maximum absolute atomic E-state index is 3.81. The average Bonchev–Trinajstić information content (AvgIpc) is 2.62. The quantitative estimate of drug-likeness (QED) is 0.719. The molecule has 3 aromatic rings. The molecule has 0 saturated carbocycles. The zero-order valence-corrected chi connectivity index (χ0v) is 13.2. The highest BCUT2D eigenvalue weighted by atomic mass is 15.2. The molecule has 0 radical (unpaired) electrons. The molecular weight excluding hydrogens is 280 g/mol. The van der Waals surface area contributed by atoms with Gasteiger partial charge in [-0.1, -0.05) is 78.9 Å². The molecule has 114 valence electrons. The van der Waals surface area contributed by atoms with E-state index in [-0.39, 0.29) is 11.7 Å². The van der Waals surface area contributed by atoms with Gasteiger partial charge in [0.15, 0.2) is 0 Å². The second-order valence-electron chi connectivity index (χ2n) is 6.19. The molecule has 1 aliphatic heterocycles. The molecule has 0 amide bonds. The van der Waals surface area contributed by atoms with Crippen molar-refractivity contribution in [2.45, 2.75) is 18.6 Å². The Balaban J connectivity index is 1.83. The number of nitrogens with one attached hydrogen (secondary N) is 2. The molecule has 0 saturated heterocycles. The minimum absolute atomic E-state index is 0.166. The van der Waals surface area contributed by atoms with Gasteiger partial charge < -0.3 is 5.32 Å². The van der Waals surface area contributed by atoms with Gasteiger partial charge in [-0.25, -0.2) is 0 Å². The minimum Gasteiger partial charge on any atom is -0.363 e. The van der Waals surface area contributed by atoms with E-state index in [0.29, 0.717) is 0 Å². The van der Waals surface area contributed by atoms with Crippen LogP contribution in [0.15, 0.2) is 84.9 Å². The van der Waals surface area contributed by atoms with Crippen molar-refractivity contribution in [2.75, 3.05) is 5.32 Å². The van der Waals surface area contributed by atoms with E-state index in [1.165, 1.54) is 22.4 Å². The number of hydrogen-bond donors (Lipinski definition) is 2. The maximum Gasteiger partial charge on any atom is 0.112 e. The van der Waals surface area contributed by atoms with Gasteiger partial charge in [-0.3, -0.25) is 5.32 Å².